The molecule has 0 bridgehead atoms. The van der Waals surface area contributed by atoms with Crippen molar-refractivity contribution in [2.75, 3.05) is 0 Å². The second-order valence-electron chi connectivity index (χ2n) is 6.93. The van der Waals surface area contributed by atoms with Crippen LogP contribution >= 0.6 is 0 Å². The maximum absolute atomic E-state index is 6.05. The largest absolute Gasteiger partial charge is 0.467 e. The molecule has 2 unspecified atom stereocenters. The molecule has 2 aliphatic rings. The van der Waals surface area contributed by atoms with Gasteiger partial charge in [0.05, 0.1) is 12.4 Å². The van der Waals surface area contributed by atoms with Gasteiger partial charge in [0, 0.05) is 18.2 Å². The van der Waals surface area contributed by atoms with E-state index in [4.69, 9.17) is 9.15 Å². The molecule has 0 spiro atoms. The van der Waals surface area contributed by atoms with Crippen LogP contribution in [-0.2, 0) is 17.9 Å². The Hall–Kier alpha value is -0.800. The average molecular weight is 277 g/mol. The van der Waals surface area contributed by atoms with Gasteiger partial charge in [-0.15, -0.1) is 0 Å². The lowest BCUT2D eigenvalue weighted by molar-refractivity contribution is -0.0156. The fraction of sp³-hybridized carbons (Fsp3) is 0.765. The summed E-state index contributed by atoms with van der Waals surface area (Å²) in [4.78, 5) is 0. The van der Waals surface area contributed by atoms with Crippen LogP contribution in [0.2, 0.25) is 0 Å². The second-order valence-corrected chi connectivity index (χ2v) is 6.93. The lowest BCUT2D eigenvalue weighted by atomic mass is 9.82. The molecule has 0 saturated heterocycles. The van der Waals surface area contributed by atoms with E-state index in [9.17, 15) is 0 Å². The van der Waals surface area contributed by atoms with Crippen LogP contribution in [0.3, 0.4) is 0 Å². The molecular formula is C17H27NO2. The first-order valence-electron chi connectivity index (χ1n) is 8.10. The van der Waals surface area contributed by atoms with Crippen LogP contribution in [0.15, 0.2) is 16.7 Å². The van der Waals surface area contributed by atoms with Gasteiger partial charge in [0.2, 0.25) is 0 Å². The van der Waals surface area contributed by atoms with Gasteiger partial charge in [0.15, 0.2) is 0 Å². The molecule has 3 heteroatoms. The van der Waals surface area contributed by atoms with Crippen molar-refractivity contribution in [3.8, 4) is 0 Å². The van der Waals surface area contributed by atoms with Gasteiger partial charge in [0.25, 0.3) is 0 Å². The Labute approximate surface area is 122 Å². The van der Waals surface area contributed by atoms with E-state index in [2.05, 4.69) is 25.2 Å². The highest BCUT2D eigenvalue weighted by atomic mass is 16.5. The molecule has 2 aliphatic carbocycles. The normalized spacial score (nSPS) is 30.6. The van der Waals surface area contributed by atoms with Crippen LogP contribution in [0.25, 0.3) is 0 Å². The number of hydrogen-bond acceptors (Lipinski definition) is 3. The Morgan fingerprint density at radius 3 is 2.65 bits per heavy atom. The fourth-order valence-electron chi connectivity index (χ4n) is 3.35. The average Bonchev–Trinajstić information content (AvgIpc) is 3.12. The van der Waals surface area contributed by atoms with Gasteiger partial charge in [-0.2, -0.15) is 0 Å². The molecule has 3 nitrogen and oxygen atoms in total. The van der Waals surface area contributed by atoms with Crippen molar-refractivity contribution in [2.24, 2.45) is 11.8 Å². The predicted octanol–water partition coefficient (Wildman–Crippen LogP) is 3.87. The molecule has 1 N–H and O–H groups in total. The lowest BCUT2D eigenvalue weighted by Crippen LogP contribution is -2.26. The van der Waals surface area contributed by atoms with E-state index in [-0.39, 0.29) is 0 Å². The first kappa shape index (κ1) is 14.2. The SMILES string of the molecule is CC1CC(C)CC(OCc2cc(CNC3CC3)co2)C1. The zero-order valence-corrected chi connectivity index (χ0v) is 12.7. The van der Waals surface area contributed by atoms with Crippen molar-refractivity contribution in [3.05, 3.63) is 23.7 Å². The molecule has 1 heterocycles. The van der Waals surface area contributed by atoms with Gasteiger partial charge < -0.3 is 14.5 Å². The van der Waals surface area contributed by atoms with E-state index in [1.165, 1.54) is 37.7 Å². The van der Waals surface area contributed by atoms with E-state index < -0.39 is 0 Å². The minimum Gasteiger partial charge on any atom is -0.467 e. The molecule has 3 rings (SSSR count). The summed E-state index contributed by atoms with van der Waals surface area (Å²) in [5.41, 5.74) is 1.24. The van der Waals surface area contributed by atoms with E-state index in [0.717, 1.165) is 30.2 Å². The third-order valence-corrected chi connectivity index (χ3v) is 4.48. The van der Waals surface area contributed by atoms with Gasteiger partial charge in [-0.25, -0.2) is 0 Å². The van der Waals surface area contributed by atoms with Crippen LogP contribution < -0.4 is 5.32 Å². The van der Waals surface area contributed by atoms with Gasteiger partial charge in [-0.1, -0.05) is 13.8 Å². The molecule has 0 aliphatic heterocycles. The maximum atomic E-state index is 6.05. The van der Waals surface area contributed by atoms with Crippen molar-refractivity contribution < 1.29 is 9.15 Å². The number of furan rings is 1. The van der Waals surface area contributed by atoms with Gasteiger partial charge >= 0.3 is 0 Å². The third kappa shape index (κ3) is 4.10. The fourth-order valence-corrected chi connectivity index (χ4v) is 3.35. The highest BCUT2D eigenvalue weighted by Gasteiger charge is 2.24. The first-order valence-corrected chi connectivity index (χ1v) is 8.10. The number of nitrogens with one attached hydrogen (secondary N) is 1. The molecule has 1 aromatic heterocycles. The summed E-state index contributed by atoms with van der Waals surface area (Å²) in [6.07, 6.45) is 8.66. The molecule has 0 radical (unpaired) electrons. The Morgan fingerprint density at radius 2 is 1.95 bits per heavy atom. The van der Waals surface area contributed by atoms with Crippen LogP contribution in [0.5, 0.6) is 0 Å². The predicted molar refractivity (Wildman–Crippen MR) is 79.3 cm³/mol. The van der Waals surface area contributed by atoms with E-state index in [0.29, 0.717) is 12.7 Å². The van der Waals surface area contributed by atoms with Crippen LogP contribution in [0.4, 0.5) is 0 Å². The van der Waals surface area contributed by atoms with Gasteiger partial charge in [0.1, 0.15) is 12.4 Å². The third-order valence-electron chi connectivity index (χ3n) is 4.48. The summed E-state index contributed by atoms with van der Waals surface area (Å²) in [5, 5.41) is 3.50. The summed E-state index contributed by atoms with van der Waals surface area (Å²) < 4.78 is 11.6. The zero-order valence-electron chi connectivity index (χ0n) is 12.7. The zero-order chi connectivity index (χ0) is 13.9. The number of rotatable bonds is 6. The second kappa shape index (κ2) is 6.31. The molecule has 2 fully saturated rings. The Bertz CT molecular complexity index is 414. The summed E-state index contributed by atoms with van der Waals surface area (Å²) in [6.45, 7) is 6.21. The smallest absolute Gasteiger partial charge is 0.129 e. The van der Waals surface area contributed by atoms with E-state index >= 15 is 0 Å². The summed E-state index contributed by atoms with van der Waals surface area (Å²) >= 11 is 0. The number of hydrogen-bond donors (Lipinski definition) is 1. The van der Waals surface area contributed by atoms with Crippen LogP contribution in [0, 0.1) is 11.8 Å². The van der Waals surface area contributed by atoms with Crippen molar-refractivity contribution in [2.45, 2.75) is 71.2 Å². The molecular weight excluding hydrogens is 250 g/mol. The standard InChI is InChI=1S/C17H27NO2/c1-12-5-13(2)7-16(6-12)20-11-17-8-14(10-19-17)9-18-15-3-4-15/h8,10,12-13,15-16,18H,3-7,9,11H2,1-2H3. The van der Waals surface area contributed by atoms with Crippen molar-refractivity contribution in [3.63, 3.8) is 0 Å². The van der Waals surface area contributed by atoms with Crippen molar-refractivity contribution >= 4 is 0 Å². The molecule has 1 aromatic rings. The van der Waals surface area contributed by atoms with E-state index in [1.54, 1.807) is 0 Å². The molecule has 112 valence electrons. The molecule has 2 saturated carbocycles. The molecule has 20 heavy (non-hydrogen) atoms. The van der Waals surface area contributed by atoms with Crippen LogP contribution in [0.1, 0.15) is 57.3 Å². The van der Waals surface area contributed by atoms with Crippen molar-refractivity contribution in [1.82, 2.24) is 5.32 Å². The minimum absolute atomic E-state index is 0.409. The summed E-state index contributed by atoms with van der Waals surface area (Å²) in [7, 11) is 0. The van der Waals surface area contributed by atoms with E-state index in [1.807, 2.05) is 6.26 Å². The first-order chi connectivity index (χ1) is 9.69. The Kier molecular flexibility index (Phi) is 4.47. The molecule has 0 aromatic carbocycles. The highest BCUT2D eigenvalue weighted by molar-refractivity contribution is 5.12. The Balaban J connectivity index is 1.43. The van der Waals surface area contributed by atoms with Gasteiger partial charge in [-0.3, -0.25) is 0 Å². The minimum atomic E-state index is 0.409. The Morgan fingerprint density at radius 1 is 1.20 bits per heavy atom. The topological polar surface area (TPSA) is 34.4 Å². The van der Waals surface area contributed by atoms with Crippen LogP contribution in [-0.4, -0.2) is 12.1 Å². The summed E-state index contributed by atoms with van der Waals surface area (Å²) in [5.74, 6) is 2.54. The highest BCUT2D eigenvalue weighted by Crippen LogP contribution is 2.30. The van der Waals surface area contributed by atoms with Crippen molar-refractivity contribution in [1.29, 1.82) is 0 Å². The molecule has 0 amide bonds. The number of ether oxygens (including phenoxy) is 1. The monoisotopic (exact) mass is 277 g/mol. The van der Waals surface area contributed by atoms with Gasteiger partial charge in [-0.05, 0) is 50.0 Å². The lowest BCUT2D eigenvalue weighted by Gasteiger charge is -2.31. The maximum Gasteiger partial charge on any atom is 0.129 e. The summed E-state index contributed by atoms with van der Waals surface area (Å²) in [6, 6.07) is 2.88. The molecule has 2 atom stereocenters. The quantitative estimate of drug-likeness (QED) is 0.857.